The largest absolute Gasteiger partial charge is 0.347 e. The number of carbonyl (C=O) groups excluding carboxylic acids is 3. The van der Waals surface area contributed by atoms with E-state index in [9.17, 15) is 14.4 Å². The van der Waals surface area contributed by atoms with Crippen LogP contribution in [0.2, 0.25) is 5.02 Å². The van der Waals surface area contributed by atoms with Crippen molar-refractivity contribution in [1.29, 1.82) is 0 Å². The van der Waals surface area contributed by atoms with Crippen molar-refractivity contribution in [1.82, 2.24) is 26.1 Å². The van der Waals surface area contributed by atoms with Gasteiger partial charge in [-0.25, -0.2) is 4.79 Å². The van der Waals surface area contributed by atoms with Crippen LogP contribution in [0.4, 0.5) is 4.79 Å². The first-order valence-electron chi connectivity index (χ1n) is 6.98. The fraction of sp³-hybridized carbons (Fsp3) is 0.214. The van der Waals surface area contributed by atoms with E-state index < -0.39 is 23.9 Å². The minimum atomic E-state index is -0.876. The molecule has 2 heterocycles. The number of nitrogens with zero attached hydrogens (tertiary/aromatic N) is 2. The molecular formula is C14H12ClN5O4. The molecule has 9 nitrogen and oxygen atoms in total. The van der Waals surface area contributed by atoms with Crippen LogP contribution in [0, 0.1) is 0 Å². The van der Waals surface area contributed by atoms with Gasteiger partial charge in [-0.2, -0.15) is 4.98 Å². The maximum absolute atomic E-state index is 11.8. The number of hydrogen-bond acceptors (Lipinski definition) is 6. The second-order valence-corrected chi connectivity index (χ2v) is 5.39. The van der Waals surface area contributed by atoms with Crippen molar-refractivity contribution < 1.29 is 18.9 Å². The first-order valence-corrected chi connectivity index (χ1v) is 7.36. The van der Waals surface area contributed by atoms with Gasteiger partial charge in [0.2, 0.25) is 17.6 Å². The molecule has 1 aliphatic heterocycles. The van der Waals surface area contributed by atoms with E-state index in [4.69, 9.17) is 16.1 Å². The summed E-state index contributed by atoms with van der Waals surface area (Å²) in [7, 11) is 0. The number of halogens is 1. The number of urea groups is 1. The Bertz CT molecular complexity index is 806. The Balaban J connectivity index is 1.56. The first-order chi connectivity index (χ1) is 11.5. The van der Waals surface area contributed by atoms with Crippen LogP contribution >= 0.6 is 11.6 Å². The monoisotopic (exact) mass is 349 g/mol. The van der Waals surface area contributed by atoms with Gasteiger partial charge in [0, 0.05) is 5.56 Å². The summed E-state index contributed by atoms with van der Waals surface area (Å²) < 4.78 is 5.05. The number of nitrogens with one attached hydrogen (secondary N) is 3. The summed E-state index contributed by atoms with van der Waals surface area (Å²) in [6, 6.07) is 5.54. The Labute approximate surface area is 140 Å². The normalized spacial score (nSPS) is 16.6. The molecular weight excluding hydrogens is 338 g/mol. The molecule has 0 bridgehead atoms. The molecule has 10 heteroatoms. The highest BCUT2D eigenvalue weighted by Gasteiger charge is 2.31. The predicted octanol–water partition coefficient (Wildman–Crippen LogP) is 0.604. The predicted molar refractivity (Wildman–Crippen MR) is 81.7 cm³/mol. The quantitative estimate of drug-likeness (QED) is 0.679. The molecule has 1 aromatic carbocycles. The summed E-state index contributed by atoms with van der Waals surface area (Å²) >= 11 is 6.05. The maximum atomic E-state index is 11.8. The SMILES string of the molecule is O=C(C[C@@H]1NC(=O)NC1=O)NCc1nc(-c2ccccc2Cl)no1. The van der Waals surface area contributed by atoms with Crippen molar-refractivity contribution in [2.24, 2.45) is 0 Å². The van der Waals surface area contributed by atoms with Crippen LogP contribution < -0.4 is 16.0 Å². The average Bonchev–Trinajstić information content (AvgIpc) is 3.13. The highest BCUT2D eigenvalue weighted by Crippen LogP contribution is 2.24. The van der Waals surface area contributed by atoms with E-state index in [0.29, 0.717) is 16.4 Å². The lowest BCUT2D eigenvalue weighted by molar-refractivity contribution is -0.126. The Morgan fingerprint density at radius 1 is 1.33 bits per heavy atom. The molecule has 2 aromatic rings. The molecule has 1 fully saturated rings. The Morgan fingerprint density at radius 3 is 2.83 bits per heavy atom. The van der Waals surface area contributed by atoms with Gasteiger partial charge >= 0.3 is 6.03 Å². The van der Waals surface area contributed by atoms with Crippen molar-refractivity contribution in [2.75, 3.05) is 0 Å². The topological polar surface area (TPSA) is 126 Å². The first kappa shape index (κ1) is 15.9. The smallest absolute Gasteiger partial charge is 0.322 e. The summed E-state index contributed by atoms with van der Waals surface area (Å²) in [6.45, 7) is -0.00142. The molecule has 3 N–H and O–H groups in total. The number of hydrogen-bond donors (Lipinski definition) is 3. The van der Waals surface area contributed by atoms with Gasteiger partial charge in [0.1, 0.15) is 6.04 Å². The molecule has 0 unspecified atom stereocenters. The molecule has 1 saturated heterocycles. The van der Waals surface area contributed by atoms with Crippen molar-refractivity contribution in [3.8, 4) is 11.4 Å². The Kier molecular flexibility index (Phi) is 4.43. The molecule has 0 radical (unpaired) electrons. The molecule has 3 rings (SSSR count). The summed E-state index contributed by atoms with van der Waals surface area (Å²) in [5.74, 6) is -0.464. The van der Waals surface area contributed by atoms with E-state index in [1.807, 2.05) is 0 Å². The second kappa shape index (κ2) is 6.67. The molecule has 0 spiro atoms. The number of amides is 4. The van der Waals surface area contributed by atoms with Gasteiger partial charge in [0.15, 0.2) is 0 Å². The molecule has 1 aromatic heterocycles. The zero-order chi connectivity index (χ0) is 17.1. The van der Waals surface area contributed by atoms with Crippen LogP contribution in [0.15, 0.2) is 28.8 Å². The van der Waals surface area contributed by atoms with Crippen molar-refractivity contribution in [3.63, 3.8) is 0 Å². The third kappa shape index (κ3) is 3.51. The van der Waals surface area contributed by atoms with E-state index in [1.54, 1.807) is 24.3 Å². The minimum Gasteiger partial charge on any atom is -0.347 e. The zero-order valence-corrected chi connectivity index (χ0v) is 13.0. The number of benzene rings is 1. The van der Waals surface area contributed by atoms with Gasteiger partial charge in [0.05, 0.1) is 18.0 Å². The summed E-state index contributed by atoms with van der Waals surface area (Å²) in [4.78, 5) is 38.3. The number of rotatable bonds is 5. The van der Waals surface area contributed by atoms with Gasteiger partial charge in [-0.15, -0.1) is 0 Å². The van der Waals surface area contributed by atoms with Gasteiger partial charge in [0.25, 0.3) is 5.91 Å². The fourth-order valence-corrected chi connectivity index (χ4v) is 2.33. The second-order valence-electron chi connectivity index (χ2n) is 4.99. The third-order valence-corrected chi connectivity index (χ3v) is 3.60. The standard InChI is InChI=1S/C14H12ClN5O4/c15-8-4-2-1-3-7(8)12-18-11(24-20-12)6-16-10(21)5-9-13(22)19-14(23)17-9/h1-4,9H,5-6H2,(H,16,21)(H2,17,19,22,23)/t9-/m0/s1. The number of imide groups is 1. The van der Waals surface area contributed by atoms with E-state index in [1.165, 1.54) is 0 Å². The summed E-state index contributed by atoms with van der Waals surface area (Å²) in [5.41, 5.74) is 0.617. The van der Waals surface area contributed by atoms with Crippen molar-refractivity contribution in [2.45, 2.75) is 19.0 Å². The maximum Gasteiger partial charge on any atom is 0.322 e. The molecule has 124 valence electrons. The summed E-state index contributed by atoms with van der Waals surface area (Å²) in [5, 5.41) is 11.2. The third-order valence-electron chi connectivity index (χ3n) is 3.27. The van der Waals surface area contributed by atoms with Gasteiger partial charge in [-0.05, 0) is 12.1 Å². The molecule has 0 saturated carbocycles. The van der Waals surface area contributed by atoms with Crippen LogP contribution in [0.1, 0.15) is 12.3 Å². The minimum absolute atomic E-state index is 0.00142. The Morgan fingerprint density at radius 2 is 2.12 bits per heavy atom. The van der Waals surface area contributed by atoms with Crippen LogP contribution in [0.5, 0.6) is 0 Å². The van der Waals surface area contributed by atoms with Gasteiger partial charge < -0.3 is 15.2 Å². The fourth-order valence-electron chi connectivity index (χ4n) is 2.11. The number of aromatic nitrogens is 2. The lowest BCUT2D eigenvalue weighted by Crippen LogP contribution is -2.36. The van der Waals surface area contributed by atoms with E-state index in [2.05, 4.69) is 26.1 Å². The van der Waals surface area contributed by atoms with E-state index in [0.717, 1.165) is 0 Å². The highest BCUT2D eigenvalue weighted by molar-refractivity contribution is 6.33. The lowest BCUT2D eigenvalue weighted by Gasteiger charge is -2.06. The van der Waals surface area contributed by atoms with Crippen LogP contribution in [-0.4, -0.2) is 34.0 Å². The lowest BCUT2D eigenvalue weighted by atomic mass is 10.2. The van der Waals surface area contributed by atoms with Gasteiger partial charge in [-0.1, -0.05) is 28.9 Å². The Hall–Kier alpha value is -2.94. The van der Waals surface area contributed by atoms with Crippen molar-refractivity contribution >= 4 is 29.4 Å². The van der Waals surface area contributed by atoms with Crippen LogP contribution in [-0.2, 0) is 16.1 Å². The van der Waals surface area contributed by atoms with Crippen LogP contribution in [0.3, 0.4) is 0 Å². The number of carbonyl (C=O) groups is 3. The van der Waals surface area contributed by atoms with E-state index in [-0.39, 0.29) is 18.9 Å². The molecule has 4 amide bonds. The summed E-state index contributed by atoms with van der Waals surface area (Å²) in [6.07, 6.45) is -0.177. The molecule has 24 heavy (non-hydrogen) atoms. The van der Waals surface area contributed by atoms with Crippen molar-refractivity contribution in [3.05, 3.63) is 35.2 Å². The average molecular weight is 350 g/mol. The van der Waals surface area contributed by atoms with Crippen LogP contribution in [0.25, 0.3) is 11.4 Å². The highest BCUT2D eigenvalue weighted by atomic mass is 35.5. The van der Waals surface area contributed by atoms with E-state index >= 15 is 0 Å². The zero-order valence-electron chi connectivity index (χ0n) is 12.2. The molecule has 1 atom stereocenters. The van der Waals surface area contributed by atoms with Gasteiger partial charge in [-0.3, -0.25) is 14.9 Å². The molecule has 0 aliphatic carbocycles. The molecule has 1 aliphatic rings.